The van der Waals surface area contributed by atoms with Crippen LogP contribution < -0.4 is 0 Å². The summed E-state index contributed by atoms with van der Waals surface area (Å²) in [5, 5.41) is 7.96. The molecule has 0 N–H and O–H groups in total. The first-order valence-electron chi connectivity index (χ1n) is 6.94. The molecule has 1 atom stereocenters. The SMILES string of the molecule is CC1(c2cn(Cc3cccnc3C(F)(F)F)nn2)CCCO1. The van der Waals surface area contributed by atoms with E-state index in [0.717, 1.165) is 19.0 Å². The van der Waals surface area contributed by atoms with Gasteiger partial charge in [0.25, 0.3) is 0 Å². The lowest BCUT2D eigenvalue weighted by atomic mass is 10.00. The summed E-state index contributed by atoms with van der Waals surface area (Å²) in [5.41, 5.74) is -0.693. The Balaban J connectivity index is 1.85. The number of hydrogen-bond donors (Lipinski definition) is 0. The highest BCUT2D eigenvalue weighted by Crippen LogP contribution is 2.34. The van der Waals surface area contributed by atoms with Gasteiger partial charge in [-0.3, -0.25) is 4.98 Å². The first kappa shape index (κ1) is 15.0. The van der Waals surface area contributed by atoms with Crippen molar-refractivity contribution in [2.24, 2.45) is 0 Å². The first-order valence-corrected chi connectivity index (χ1v) is 6.94. The van der Waals surface area contributed by atoms with E-state index >= 15 is 0 Å². The van der Waals surface area contributed by atoms with Gasteiger partial charge in [0.15, 0.2) is 0 Å². The van der Waals surface area contributed by atoms with Gasteiger partial charge >= 0.3 is 6.18 Å². The number of ether oxygens (including phenoxy) is 1. The van der Waals surface area contributed by atoms with Gasteiger partial charge in [-0.2, -0.15) is 13.2 Å². The van der Waals surface area contributed by atoms with E-state index in [0.29, 0.717) is 12.3 Å². The monoisotopic (exact) mass is 312 g/mol. The zero-order valence-electron chi connectivity index (χ0n) is 12.0. The molecule has 0 radical (unpaired) electrons. The lowest BCUT2D eigenvalue weighted by molar-refractivity contribution is -0.141. The molecule has 3 rings (SSSR count). The van der Waals surface area contributed by atoms with Crippen molar-refractivity contribution in [1.82, 2.24) is 20.0 Å². The Bertz CT molecular complexity index is 662. The highest BCUT2D eigenvalue weighted by molar-refractivity contribution is 5.22. The van der Waals surface area contributed by atoms with Crippen molar-refractivity contribution in [3.05, 3.63) is 41.5 Å². The van der Waals surface area contributed by atoms with Gasteiger partial charge in [-0.1, -0.05) is 11.3 Å². The highest BCUT2D eigenvalue weighted by atomic mass is 19.4. The summed E-state index contributed by atoms with van der Waals surface area (Å²) in [6.45, 7) is 2.54. The van der Waals surface area contributed by atoms with Crippen LogP contribution in [0.15, 0.2) is 24.5 Å². The molecule has 3 heterocycles. The number of aromatic nitrogens is 4. The maximum absolute atomic E-state index is 12.9. The Morgan fingerprint density at radius 3 is 2.91 bits per heavy atom. The van der Waals surface area contributed by atoms with Crippen molar-refractivity contribution in [3.8, 4) is 0 Å². The third kappa shape index (κ3) is 2.83. The molecule has 1 aliphatic rings. The molecule has 5 nitrogen and oxygen atoms in total. The highest BCUT2D eigenvalue weighted by Gasteiger charge is 2.36. The standard InChI is InChI=1S/C14H15F3N4O/c1-13(5-3-7-22-13)11-9-21(20-19-11)8-10-4-2-6-18-12(10)14(15,16)17/h2,4,6,9H,3,5,7-8H2,1H3. The largest absolute Gasteiger partial charge is 0.433 e. The van der Waals surface area contributed by atoms with Crippen molar-refractivity contribution in [1.29, 1.82) is 0 Å². The molecule has 0 aliphatic carbocycles. The maximum Gasteiger partial charge on any atom is 0.433 e. The van der Waals surface area contributed by atoms with Crippen LogP contribution in [0.2, 0.25) is 0 Å². The fourth-order valence-electron chi connectivity index (χ4n) is 2.60. The van der Waals surface area contributed by atoms with Crippen molar-refractivity contribution in [3.63, 3.8) is 0 Å². The lowest BCUT2D eigenvalue weighted by Crippen LogP contribution is -2.20. The Morgan fingerprint density at radius 1 is 1.41 bits per heavy atom. The van der Waals surface area contributed by atoms with Crippen molar-refractivity contribution >= 4 is 0 Å². The molecule has 8 heteroatoms. The number of rotatable bonds is 3. The van der Waals surface area contributed by atoms with Gasteiger partial charge in [-0.25, -0.2) is 4.68 Å². The fraction of sp³-hybridized carbons (Fsp3) is 0.500. The second kappa shape index (κ2) is 5.35. The summed E-state index contributed by atoms with van der Waals surface area (Å²) < 4.78 is 45.8. The lowest BCUT2D eigenvalue weighted by Gasteiger charge is -2.19. The van der Waals surface area contributed by atoms with Crippen molar-refractivity contribution < 1.29 is 17.9 Å². The van der Waals surface area contributed by atoms with E-state index in [1.807, 2.05) is 6.92 Å². The van der Waals surface area contributed by atoms with E-state index in [1.165, 1.54) is 16.8 Å². The first-order chi connectivity index (χ1) is 10.4. The average Bonchev–Trinajstić information content (AvgIpc) is 3.08. The second-order valence-electron chi connectivity index (χ2n) is 5.49. The van der Waals surface area contributed by atoms with Gasteiger partial charge in [-0.05, 0) is 25.8 Å². The third-order valence-electron chi connectivity index (χ3n) is 3.79. The van der Waals surface area contributed by atoms with Crippen LogP contribution in [-0.4, -0.2) is 26.6 Å². The molecule has 0 spiro atoms. The van der Waals surface area contributed by atoms with Crippen LogP contribution in [0.4, 0.5) is 13.2 Å². The number of halogens is 3. The van der Waals surface area contributed by atoms with Crippen LogP contribution in [0.25, 0.3) is 0 Å². The Hall–Kier alpha value is -1.96. The summed E-state index contributed by atoms with van der Waals surface area (Å²) in [6.07, 6.45) is 0.0437. The zero-order valence-corrected chi connectivity index (χ0v) is 12.0. The van der Waals surface area contributed by atoms with E-state index in [-0.39, 0.29) is 12.1 Å². The van der Waals surface area contributed by atoms with Crippen molar-refractivity contribution in [2.45, 2.75) is 38.1 Å². The Kier molecular flexibility index (Phi) is 3.64. The van der Waals surface area contributed by atoms with Crippen LogP contribution in [-0.2, 0) is 23.1 Å². The molecular formula is C14H15F3N4O. The molecule has 2 aromatic rings. The summed E-state index contributed by atoms with van der Waals surface area (Å²) >= 11 is 0. The molecule has 1 saturated heterocycles. The molecule has 0 aromatic carbocycles. The van der Waals surface area contributed by atoms with E-state index in [9.17, 15) is 13.2 Å². The topological polar surface area (TPSA) is 52.8 Å². The molecular weight excluding hydrogens is 297 g/mol. The minimum absolute atomic E-state index is 0.0359. The van der Waals surface area contributed by atoms with Crippen LogP contribution >= 0.6 is 0 Å². The summed E-state index contributed by atoms with van der Waals surface area (Å²) in [7, 11) is 0. The van der Waals surface area contributed by atoms with Gasteiger partial charge < -0.3 is 4.74 Å². The van der Waals surface area contributed by atoms with E-state index in [1.54, 1.807) is 6.20 Å². The minimum Gasteiger partial charge on any atom is -0.369 e. The number of hydrogen-bond acceptors (Lipinski definition) is 4. The van der Waals surface area contributed by atoms with Gasteiger partial charge in [0, 0.05) is 18.4 Å². The normalized spacial score (nSPS) is 22.2. The average molecular weight is 312 g/mol. The second-order valence-corrected chi connectivity index (χ2v) is 5.49. The van der Waals surface area contributed by atoms with E-state index in [2.05, 4.69) is 15.3 Å². The molecule has 0 saturated carbocycles. The van der Waals surface area contributed by atoms with E-state index in [4.69, 9.17) is 4.74 Å². The maximum atomic E-state index is 12.9. The van der Waals surface area contributed by atoms with Gasteiger partial charge in [-0.15, -0.1) is 5.10 Å². The molecule has 118 valence electrons. The predicted octanol–water partition coefficient (Wildman–Crippen LogP) is 2.77. The van der Waals surface area contributed by atoms with Crippen LogP contribution in [0.5, 0.6) is 0 Å². The summed E-state index contributed by atoms with van der Waals surface area (Å²) in [6, 6.07) is 2.87. The molecule has 1 aliphatic heterocycles. The summed E-state index contributed by atoms with van der Waals surface area (Å²) in [4.78, 5) is 3.43. The minimum atomic E-state index is -4.49. The van der Waals surface area contributed by atoms with Crippen LogP contribution in [0, 0.1) is 0 Å². The van der Waals surface area contributed by atoms with E-state index < -0.39 is 17.5 Å². The Labute approximate surface area is 125 Å². The zero-order chi connectivity index (χ0) is 15.8. The summed E-state index contributed by atoms with van der Waals surface area (Å²) in [5.74, 6) is 0. The molecule has 1 unspecified atom stereocenters. The Morgan fingerprint density at radius 2 is 2.23 bits per heavy atom. The van der Waals surface area contributed by atoms with Gasteiger partial charge in [0.1, 0.15) is 17.0 Å². The number of alkyl halides is 3. The van der Waals surface area contributed by atoms with Crippen molar-refractivity contribution in [2.75, 3.05) is 6.61 Å². The van der Waals surface area contributed by atoms with Gasteiger partial charge in [0.05, 0.1) is 12.7 Å². The number of nitrogens with zero attached hydrogens (tertiary/aromatic N) is 4. The van der Waals surface area contributed by atoms with Gasteiger partial charge in [0.2, 0.25) is 0 Å². The van der Waals surface area contributed by atoms with Crippen LogP contribution in [0.3, 0.4) is 0 Å². The predicted molar refractivity (Wildman–Crippen MR) is 70.9 cm³/mol. The van der Waals surface area contributed by atoms with Crippen LogP contribution in [0.1, 0.15) is 36.7 Å². The fourth-order valence-corrected chi connectivity index (χ4v) is 2.60. The molecule has 2 aromatic heterocycles. The third-order valence-corrected chi connectivity index (χ3v) is 3.79. The smallest absolute Gasteiger partial charge is 0.369 e. The molecule has 1 fully saturated rings. The molecule has 0 bridgehead atoms. The number of pyridine rings is 1. The molecule has 22 heavy (non-hydrogen) atoms. The molecule has 0 amide bonds. The quantitative estimate of drug-likeness (QED) is 0.874.